The maximum absolute atomic E-state index is 5.34. The molecule has 114 valence electrons. The molecule has 3 nitrogen and oxygen atoms in total. The van der Waals surface area contributed by atoms with E-state index in [1.165, 1.54) is 30.7 Å². The van der Waals surface area contributed by atoms with Crippen LogP contribution in [0.4, 0.5) is 0 Å². The first-order valence-electron chi connectivity index (χ1n) is 7.49. The van der Waals surface area contributed by atoms with E-state index in [2.05, 4.69) is 41.9 Å². The van der Waals surface area contributed by atoms with Gasteiger partial charge in [-0.25, -0.2) is 0 Å². The van der Waals surface area contributed by atoms with E-state index in [1.807, 2.05) is 29.2 Å². The molecule has 0 unspecified atom stereocenters. The van der Waals surface area contributed by atoms with Crippen LogP contribution in [0.1, 0.15) is 18.7 Å². The summed E-state index contributed by atoms with van der Waals surface area (Å²) in [6, 6.07) is 8.60. The van der Waals surface area contributed by atoms with Crippen molar-refractivity contribution >= 4 is 44.0 Å². The highest BCUT2D eigenvalue weighted by molar-refractivity contribution is 8.17. The van der Waals surface area contributed by atoms with Gasteiger partial charge in [-0.2, -0.15) is 0 Å². The molecule has 2 aliphatic heterocycles. The topological polar surface area (TPSA) is 24.8 Å². The number of rotatable bonds is 3. The lowest BCUT2D eigenvalue weighted by molar-refractivity contribution is 0.415. The standard InChI is InChI=1S/C17H18N2OS2/c1-10(2)16-15(19-7-6-18-17(19)22-16)14-9-11-8-12(20-3)4-5-13(11)21-14/h4-5,8-10H,6-7H2,1-3H3. The molecule has 0 saturated carbocycles. The highest BCUT2D eigenvalue weighted by atomic mass is 32.2. The summed E-state index contributed by atoms with van der Waals surface area (Å²) in [5.41, 5.74) is 1.37. The van der Waals surface area contributed by atoms with Gasteiger partial charge >= 0.3 is 0 Å². The molecule has 5 heteroatoms. The van der Waals surface area contributed by atoms with Gasteiger partial charge in [0, 0.05) is 16.1 Å². The molecule has 2 aromatic rings. The molecule has 0 radical (unpaired) electrons. The number of nitrogens with zero attached hydrogens (tertiary/aromatic N) is 2. The van der Waals surface area contributed by atoms with Crippen molar-refractivity contribution in [3.8, 4) is 5.75 Å². The van der Waals surface area contributed by atoms with E-state index in [1.54, 1.807) is 7.11 Å². The van der Waals surface area contributed by atoms with Gasteiger partial charge in [-0.1, -0.05) is 25.6 Å². The summed E-state index contributed by atoms with van der Waals surface area (Å²) >= 11 is 3.71. The second-order valence-corrected chi connectivity index (χ2v) is 7.89. The molecule has 0 spiro atoms. The minimum Gasteiger partial charge on any atom is -0.497 e. The Bertz CT molecular complexity index is 804. The van der Waals surface area contributed by atoms with Gasteiger partial charge < -0.3 is 9.64 Å². The Morgan fingerprint density at radius 3 is 2.91 bits per heavy atom. The Balaban J connectivity index is 1.85. The van der Waals surface area contributed by atoms with E-state index in [0.29, 0.717) is 5.92 Å². The molecule has 0 amide bonds. The molecule has 22 heavy (non-hydrogen) atoms. The molecule has 0 aliphatic carbocycles. The molecule has 1 aromatic heterocycles. The third-order valence-corrected chi connectivity index (χ3v) is 6.53. The number of benzene rings is 1. The number of hydrogen-bond donors (Lipinski definition) is 0. The van der Waals surface area contributed by atoms with Crippen molar-refractivity contribution in [3.05, 3.63) is 34.0 Å². The highest BCUT2D eigenvalue weighted by Gasteiger charge is 2.34. The minimum absolute atomic E-state index is 0.521. The van der Waals surface area contributed by atoms with Gasteiger partial charge in [0.1, 0.15) is 5.75 Å². The Morgan fingerprint density at radius 2 is 2.14 bits per heavy atom. The first-order valence-corrected chi connectivity index (χ1v) is 9.12. The van der Waals surface area contributed by atoms with E-state index < -0.39 is 0 Å². The van der Waals surface area contributed by atoms with Crippen LogP contribution in [0.5, 0.6) is 5.75 Å². The highest BCUT2D eigenvalue weighted by Crippen LogP contribution is 2.47. The van der Waals surface area contributed by atoms with Crippen molar-refractivity contribution < 1.29 is 4.74 Å². The number of hydrogen-bond acceptors (Lipinski definition) is 5. The predicted octanol–water partition coefficient (Wildman–Crippen LogP) is 4.65. The number of allylic oxidation sites excluding steroid dienone is 1. The lowest BCUT2D eigenvalue weighted by Crippen LogP contribution is -2.19. The van der Waals surface area contributed by atoms with E-state index in [0.717, 1.165) is 18.8 Å². The largest absolute Gasteiger partial charge is 0.497 e. The number of ether oxygens (including phenoxy) is 1. The van der Waals surface area contributed by atoms with Gasteiger partial charge in [-0.15, -0.1) is 11.3 Å². The Labute approximate surface area is 138 Å². The summed E-state index contributed by atoms with van der Waals surface area (Å²) in [5, 5.41) is 2.43. The number of thiophene rings is 1. The van der Waals surface area contributed by atoms with Gasteiger partial charge in [0.15, 0.2) is 5.17 Å². The van der Waals surface area contributed by atoms with E-state index >= 15 is 0 Å². The van der Waals surface area contributed by atoms with Crippen LogP contribution in [0.3, 0.4) is 0 Å². The molecule has 0 saturated heterocycles. The van der Waals surface area contributed by atoms with E-state index in [4.69, 9.17) is 4.74 Å². The fraction of sp³-hybridized carbons (Fsp3) is 0.353. The van der Waals surface area contributed by atoms with Crippen molar-refractivity contribution in [2.24, 2.45) is 10.9 Å². The van der Waals surface area contributed by atoms with Crippen molar-refractivity contribution in [1.82, 2.24) is 4.90 Å². The molecule has 3 heterocycles. The molecule has 1 aromatic carbocycles. The normalized spacial score (nSPS) is 17.6. The van der Waals surface area contributed by atoms with Crippen LogP contribution in [-0.4, -0.2) is 30.3 Å². The average Bonchev–Trinajstić information content (AvgIpc) is 3.18. The Kier molecular flexibility index (Phi) is 3.42. The summed E-state index contributed by atoms with van der Waals surface area (Å²) in [7, 11) is 1.72. The summed E-state index contributed by atoms with van der Waals surface area (Å²) in [5.74, 6) is 1.44. The molecule has 0 bridgehead atoms. The van der Waals surface area contributed by atoms with Gasteiger partial charge in [0.25, 0.3) is 0 Å². The maximum Gasteiger partial charge on any atom is 0.168 e. The van der Waals surface area contributed by atoms with Crippen molar-refractivity contribution in [1.29, 1.82) is 0 Å². The number of thioether (sulfide) groups is 1. The van der Waals surface area contributed by atoms with Crippen LogP contribution < -0.4 is 4.74 Å². The monoisotopic (exact) mass is 330 g/mol. The summed E-state index contributed by atoms with van der Waals surface area (Å²) in [6.45, 7) is 6.45. The lowest BCUT2D eigenvalue weighted by Gasteiger charge is -2.16. The Morgan fingerprint density at radius 1 is 1.27 bits per heavy atom. The number of fused-ring (bicyclic) bond motifs is 2. The predicted molar refractivity (Wildman–Crippen MR) is 96.7 cm³/mol. The van der Waals surface area contributed by atoms with Crippen LogP contribution in [0.25, 0.3) is 15.8 Å². The molecular formula is C17H18N2OS2. The molecular weight excluding hydrogens is 312 g/mol. The fourth-order valence-corrected chi connectivity index (χ4v) is 5.29. The summed E-state index contributed by atoms with van der Waals surface area (Å²) in [6.07, 6.45) is 0. The minimum atomic E-state index is 0.521. The molecule has 4 rings (SSSR count). The SMILES string of the molecule is COc1ccc2sc(C3=C(C(C)C)SC4=NCCN43)cc2c1. The van der Waals surface area contributed by atoms with E-state index in [9.17, 15) is 0 Å². The second kappa shape index (κ2) is 5.32. The molecule has 0 fully saturated rings. The fourth-order valence-electron chi connectivity index (χ4n) is 2.91. The van der Waals surface area contributed by atoms with Gasteiger partial charge in [0.2, 0.25) is 0 Å². The average molecular weight is 330 g/mol. The van der Waals surface area contributed by atoms with Crippen LogP contribution in [0, 0.1) is 5.92 Å². The number of amidine groups is 1. The van der Waals surface area contributed by atoms with Crippen LogP contribution >= 0.6 is 23.1 Å². The summed E-state index contributed by atoms with van der Waals surface area (Å²) < 4.78 is 6.65. The molecule has 0 N–H and O–H groups in total. The molecule has 0 atom stereocenters. The smallest absolute Gasteiger partial charge is 0.168 e. The first-order chi connectivity index (χ1) is 10.7. The van der Waals surface area contributed by atoms with Gasteiger partial charge in [-0.05, 0) is 35.6 Å². The third kappa shape index (κ3) is 2.15. The number of aliphatic imine (C=N–C) groups is 1. The first kappa shape index (κ1) is 14.2. The van der Waals surface area contributed by atoms with Crippen LogP contribution in [-0.2, 0) is 0 Å². The van der Waals surface area contributed by atoms with Gasteiger partial charge in [-0.3, -0.25) is 4.99 Å². The summed E-state index contributed by atoms with van der Waals surface area (Å²) in [4.78, 5) is 9.81. The maximum atomic E-state index is 5.34. The molecule has 2 aliphatic rings. The zero-order valence-corrected chi connectivity index (χ0v) is 14.6. The second-order valence-electron chi connectivity index (χ2n) is 5.80. The lowest BCUT2D eigenvalue weighted by atomic mass is 10.1. The van der Waals surface area contributed by atoms with Crippen molar-refractivity contribution in [3.63, 3.8) is 0 Å². The van der Waals surface area contributed by atoms with E-state index in [-0.39, 0.29) is 0 Å². The van der Waals surface area contributed by atoms with Crippen molar-refractivity contribution in [2.75, 3.05) is 20.2 Å². The van der Waals surface area contributed by atoms with Crippen LogP contribution in [0.15, 0.2) is 34.2 Å². The number of methoxy groups -OCH3 is 1. The van der Waals surface area contributed by atoms with Gasteiger partial charge in [0.05, 0.1) is 24.2 Å². The Hall–Kier alpha value is -1.46. The van der Waals surface area contributed by atoms with Crippen LogP contribution in [0.2, 0.25) is 0 Å². The quantitative estimate of drug-likeness (QED) is 0.819. The third-order valence-electron chi connectivity index (χ3n) is 3.99. The zero-order chi connectivity index (χ0) is 15.3. The zero-order valence-electron chi connectivity index (χ0n) is 12.9. The van der Waals surface area contributed by atoms with Crippen molar-refractivity contribution in [2.45, 2.75) is 13.8 Å².